The molecule has 1 aromatic heterocycles. The van der Waals surface area contributed by atoms with Crippen LogP contribution in [0.25, 0.3) is 11.4 Å². The second kappa shape index (κ2) is 8.06. The van der Waals surface area contributed by atoms with Crippen LogP contribution in [-0.4, -0.2) is 28.1 Å². The average molecular weight is 351 g/mol. The van der Waals surface area contributed by atoms with Crippen molar-refractivity contribution >= 4 is 11.9 Å². The zero-order valence-corrected chi connectivity index (χ0v) is 14.1. The Morgan fingerprint density at radius 3 is 2.42 bits per heavy atom. The van der Waals surface area contributed by atoms with Crippen LogP contribution in [0.2, 0.25) is 0 Å². The van der Waals surface area contributed by atoms with E-state index in [4.69, 9.17) is 9.26 Å². The first kappa shape index (κ1) is 17.3. The monoisotopic (exact) mass is 351 g/mol. The predicted molar refractivity (Wildman–Crippen MR) is 92.9 cm³/mol. The van der Waals surface area contributed by atoms with E-state index in [1.54, 1.807) is 31.2 Å². The first-order valence-electron chi connectivity index (χ1n) is 8.04. The highest BCUT2D eigenvalue weighted by Gasteiger charge is 2.19. The van der Waals surface area contributed by atoms with Gasteiger partial charge in [0.1, 0.15) is 6.04 Å². The molecule has 7 nitrogen and oxygen atoms in total. The van der Waals surface area contributed by atoms with E-state index in [1.165, 1.54) is 0 Å². The minimum absolute atomic E-state index is 0.162. The summed E-state index contributed by atoms with van der Waals surface area (Å²) in [5.41, 5.74) is 1.27. The Morgan fingerprint density at radius 1 is 1.08 bits per heavy atom. The van der Waals surface area contributed by atoms with Crippen LogP contribution in [0.15, 0.2) is 65.2 Å². The van der Waals surface area contributed by atoms with Gasteiger partial charge in [0.25, 0.3) is 11.8 Å². The van der Waals surface area contributed by atoms with Crippen molar-refractivity contribution in [3.8, 4) is 11.4 Å². The topological polar surface area (TPSA) is 94.3 Å². The summed E-state index contributed by atoms with van der Waals surface area (Å²) in [6.45, 7) is 1.39. The van der Waals surface area contributed by atoms with Crippen molar-refractivity contribution in [2.24, 2.45) is 0 Å². The van der Waals surface area contributed by atoms with Crippen LogP contribution in [0, 0.1) is 0 Å². The van der Waals surface area contributed by atoms with Crippen LogP contribution in [0.1, 0.15) is 23.2 Å². The molecule has 3 aromatic rings. The maximum atomic E-state index is 12.0. The number of ether oxygens (including phenoxy) is 1. The molecule has 0 aliphatic rings. The van der Waals surface area contributed by atoms with E-state index in [-0.39, 0.29) is 18.4 Å². The number of nitrogens with one attached hydrogen (secondary N) is 1. The Kier molecular flexibility index (Phi) is 5.38. The molecule has 7 heteroatoms. The zero-order valence-electron chi connectivity index (χ0n) is 14.1. The molecule has 26 heavy (non-hydrogen) atoms. The van der Waals surface area contributed by atoms with Crippen molar-refractivity contribution in [3.63, 3.8) is 0 Å². The fourth-order valence-corrected chi connectivity index (χ4v) is 2.20. The number of nitrogens with zero attached hydrogens (tertiary/aromatic N) is 2. The largest absolute Gasteiger partial charge is 0.454 e. The summed E-state index contributed by atoms with van der Waals surface area (Å²) in [6.07, 6.45) is 0. The van der Waals surface area contributed by atoms with Crippen molar-refractivity contribution in [3.05, 3.63) is 72.1 Å². The van der Waals surface area contributed by atoms with Gasteiger partial charge in [0.15, 0.2) is 6.61 Å². The van der Waals surface area contributed by atoms with Gasteiger partial charge >= 0.3 is 5.97 Å². The van der Waals surface area contributed by atoms with Crippen LogP contribution < -0.4 is 5.32 Å². The fraction of sp³-hybridized carbons (Fsp3) is 0.158. The van der Waals surface area contributed by atoms with E-state index in [1.807, 2.05) is 36.4 Å². The summed E-state index contributed by atoms with van der Waals surface area (Å²) < 4.78 is 10.2. The highest BCUT2D eigenvalue weighted by atomic mass is 16.6. The van der Waals surface area contributed by atoms with Gasteiger partial charge in [0, 0.05) is 11.1 Å². The third kappa shape index (κ3) is 4.32. The Hall–Kier alpha value is -3.48. The minimum atomic E-state index is -0.806. The molecule has 0 aliphatic carbocycles. The summed E-state index contributed by atoms with van der Waals surface area (Å²) in [5, 5.41) is 6.43. The van der Waals surface area contributed by atoms with Gasteiger partial charge in [0.05, 0.1) is 0 Å². The molecule has 2 aromatic carbocycles. The lowest BCUT2D eigenvalue weighted by molar-refractivity contribution is -0.147. The first-order chi connectivity index (χ1) is 12.6. The molecular formula is C19H17N3O4. The summed E-state index contributed by atoms with van der Waals surface area (Å²) in [7, 11) is 0. The van der Waals surface area contributed by atoms with Crippen molar-refractivity contribution < 1.29 is 18.8 Å². The summed E-state index contributed by atoms with van der Waals surface area (Å²) in [6, 6.07) is 17.1. The van der Waals surface area contributed by atoms with Crippen LogP contribution in [0.5, 0.6) is 0 Å². The van der Waals surface area contributed by atoms with Crippen LogP contribution >= 0.6 is 0 Å². The second-order valence-electron chi connectivity index (χ2n) is 5.55. The van der Waals surface area contributed by atoms with Gasteiger partial charge in [0.2, 0.25) is 5.82 Å². The van der Waals surface area contributed by atoms with Gasteiger partial charge in [-0.15, -0.1) is 0 Å². The molecule has 0 saturated heterocycles. The highest BCUT2D eigenvalue weighted by molar-refractivity contribution is 5.96. The Labute approximate surface area is 150 Å². The zero-order chi connectivity index (χ0) is 18.4. The number of hydrogen-bond acceptors (Lipinski definition) is 6. The third-order valence-corrected chi connectivity index (χ3v) is 3.58. The van der Waals surface area contributed by atoms with Gasteiger partial charge in [-0.05, 0) is 19.1 Å². The van der Waals surface area contributed by atoms with Gasteiger partial charge in [-0.25, -0.2) is 4.79 Å². The Morgan fingerprint density at radius 2 is 1.73 bits per heavy atom. The van der Waals surface area contributed by atoms with Gasteiger partial charge < -0.3 is 14.6 Å². The number of carbonyl (C=O) groups is 2. The minimum Gasteiger partial charge on any atom is -0.454 e. The van der Waals surface area contributed by atoms with Crippen molar-refractivity contribution in [2.45, 2.75) is 19.6 Å². The summed E-state index contributed by atoms with van der Waals surface area (Å²) in [4.78, 5) is 28.2. The number of rotatable bonds is 6. The maximum Gasteiger partial charge on any atom is 0.328 e. The molecule has 0 aliphatic heterocycles. The molecule has 0 bridgehead atoms. The number of hydrogen-bond donors (Lipinski definition) is 1. The lowest BCUT2D eigenvalue weighted by atomic mass is 10.2. The summed E-state index contributed by atoms with van der Waals surface area (Å²) >= 11 is 0. The number of amides is 1. The average Bonchev–Trinajstić information content (AvgIpc) is 3.16. The van der Waals surface area contributed by atoms with Crippen molar-refractivity contribution in [2.75, 3.05) is 0 Å². The van der Waals surface area contributed by atoms with Crippen molar-refractivity contribution in [1.82, 2.24) is 15.5 Å². The molecule has 0 fully saturated rings. The molecule has 3 rings (SSSR count). The Balaban J connectivity index is 1.52. The van der Waals surface area contributed by atoms with Crippen LogP contribution in [0.4, 0.5) is 0 Å². The van der Waals surface area contributed by atoms with Gasteiger partial charge in [-0.2, -0.15) is 4.98 Å². The smallest absolute Gasteiger partial charge is 0.328 e. The molecule has 132 valence electrons. The number of aromatic nitrogens is 2. The van der Waals surface area contributed by atoms with Crippen molar-refractivity contribution in [1.29, 1.82) is 0 Å². The van der Waals surface area contributed by atoms with E-state index in [9.17, 15) is 9.59 Å². The molecule has 1 N–H and O–H groups in total. The summed E-state index contributed by atoms with van der Waals surface area (Å²) in [5.74, 6) is -0.339. The normalized spacial score (nSPS) is 11.6. The van der Waals surface area contributed by atoms with E-state index in [0.717, 1.165) is 5.56 Å². The molecule has 0 saturated carbocycles. The molecule has 0 radical (unpaired) electrons. The van der Waals surface area contributed by atoms with E-state index in [0.29, 0.717) is 11.4 Å². The number of esters is 1. The fourth-order valence-electron chi connectivity index (χ4n) is 2.20. The van der Waals surface area contributed by atoms with E-state index in [2.05, 4.69) is 15.5 Å². The molecule has 1 amide bonds. The van der Waals surface area contributed by atoms with Gasteiger partial charge in [-0.3, -0.25) is 4.79 Å². The van der Waals surface area contributed by atoms with Crippen LogP contribution in [-0.2, 0) is 16.1 Å². The molecule has 0 spiro atoms. The number of carbonyl (C=O) groups excluding carboxylic acids is 2. The molecular weight excluding hydrogens is 334 g/mol. The highest BCUT2D eigenvalue weighted by Crippen LogP contribution is 2.15. The SMILES string of the molecule is CC(NC(=O)c1ccccc1)C(=O)OCc1nc(-c2ccccc2)no1. The quantitative estimate of drug-likeness (QED) is 0.686. The number of benzene rings is 2. The maximum absolute atomic E-state index is 12.0. The standard InChI is InChI=1S/C19H17N3O4/c1-13(20-18(23)15-10-6-3-7-11-15)19(24)25-12-16-21-17(22-26-16)14-8-4-2-5-9-14/h2-11,13H,12H2,1H3,(H,20,23). The third-order valence-electron chi connectivity index (χ3n) is 3.58. The molecule has 1 unspecified atom stereocenters. The first-order valence-corrected chi connectivity index (χ1v) is 8.04. The predicted octanol–water partition coefficient (Wildman–Crippen LogP) is 2.60. The van der Waals surface area contributed by atoms with Crippen LogP contribution in [0.3, 0.4) is 0 Å². The molecule has 1 atom stereocenters. The lowest BCUT2D eigenvalue weighted by Gasteiger charge is -2.12. The Bertz CT molecular complexity index is 878. The molecule has 1 heterocycles. The van der Waals surface area contributed by atoms with E-state index >= 15 is 0 Å². The van der Waals surface area contributed by atoms with E-state index < -0.39 is 12.0 Å². The lowest BCUT2D eigenvalue weighted by Crippen LogP contribution is -2.39. The second-order valence-corrected chi connectivity index (χ2v) is 5.55. The van der Waals surface area contributed by atoms with Gasteiger partial charge in [-0.1, -0.05) is 53.7 Å².